The molecule has 7 fully saturated rings. The van der Waals surface area contributed by atoms with Crippen LogP contribution in [-0.2, 0) is 57.5 Å². The molecule has 0 aromatic carbocycles. The summed E-state index contributed by atoms with van der Waals surface area (Å²) in [4.78, 5) is 191. The molecular weight excluding hydrogens is 1390 g/mol. The first kappa shape index (κ1) is 84.8. The molecule has 104 heavy (non-hydrogen) atoms. The Morgan fingerprint density at radius 1 is 0.615 bits per heavy atom. The number of halogens is 7. The van der Waals surface area contributed by atoms with Gasteiger partial charge in [0.1, 0.15) is 53.9 Å². The van der Waals surface area contributed by atoms with Gasteiger partial charge in [-0.3, -0.25) is 57.5 Å². The second-order valence-electron chi connectivity index (χ2n) is 31.7. The zero-order chi connectivity index (χ0) is 77.2. The Bertz CT molecular complexity index is 3070. The van der Waals surface area contributed by atoms with E-state index in [1.165, 1.54) is 83.6 Å². The Morgan fingerprint density at radius 3 is 1.79 bits per heavy atom. The fourth-order valence-electron chi connectivity index (χ4n) is 17.1. The van der Waals surface area contributed by atoms with Gasteiger partial charge in [-0.1, -0.05) is 66.7 Å². The van der Waals surface area contributed by atoms with E-state index < -0.39 is 198 Å². The van der Waals surface area contributed by atoms with Crippen LogP contribution in [0.25, 0.3) is 0 Å². The van der Waals surface area contributed by atoms with Crippen molar-refractivity contribution in [3.05, 3.63) is 0 Å². The Balaban J connectivity index is 1.29. The molecule has 1 spiro atoms. The number of fused-ring (bicyclic) bond motifs is 2. The zero-order valence-electron chi connectivity index (χ0n) is 63.0. The van der Waals surface area contributed by atoms with E-state index >= 15 is 24.0 Å². The van der Waals surface area contributed by atoms with Gasteiger partial charge in [-0.15, -0.1) is 11.6 Å². The number of rotatable bonds is 13. The van der Waals surface area contributed by atoms with Crippen molar-refractivity contribution in [2.45, 2.75) is 267 Å². The van der Waals surface area contributed by atoms with E-state index in [0.717, 1.165) is 22.6 Å². The number of amides is 12. The highest BCUT2D eigenvalue weighted by molar-refractivity contribution is 6.21. The van der Waals surface area contributed by atoms with Crippen LogP contribution in [0.15, 0.2) is 0 Å². The van der Waals surface area contributed by atoms with Gasteiger partial charge in [-0.25, -0.2) is 0 Å². The van der Waals surface area contributed by atoms with Crippen molar-refractivity contribution >= 4 is 82.5 Å². The van der Waals surface area contributed by atoms with Gasteiger partial charge in [0.25, 0.3) is 0 Å². The third-order valence-corrected chi connectivity index (χ3v) is 24.1. The average molecular weight is 1500 g/mol. The Kier molecular flexibility index (Phi) is 29.7. The van der Waals surface area contributed by atoms with Gasteiger partial charge in [0.2, 0.25) is 70.9 Å². The fraction of sp³-hybridized carbons (Fsp3) is 0.836. The highest BCUT2D eigenvalue weighted by Crippen LogP contribution is 2.45. The summed E-state index contributed by atoms with van der Waals surface area (Å²) in [5, 5.41) is 7.44. The van der Waals surface area contributed by atoms with Crippen LogP contribution in [-0.4, -0.2) is 269 Å². The van der Waals surface area contributed by atoms with E-state index in [0.29, 0.717) is 38.5 Å². The minimum absolute atomic E-state index is 0.00858. The van der Waals surface area contributed by atoms with Crippen LogP contribution in [0.2, 0.25) is 0 Å². The summed E-state index contributed by atoms with van der Waals surface area (Å²) in [5.74, 6) is -13.8. The number of carbonyl (C=O) groups excluding carboxylic acids is 12. The lowest BCUT2D eigenvalue weighted by Crippen LogP contribution is -2.65. The predicted octanol–water partition coefficient (Wildman–Crippen LogP) is 6.88. The Hall–Kier alpha value is -6.49. The first-order valence-electron chi connectivity index (χ1n) is 37.9. The van der Waals surface area contributed by atoms with Crippen molar-refractivity contribution in [1.29, 1.82) is 0 Å². The second kappa shape index (κ2) is 36.4. The van der Waals surface area contributed by atoms with Crippen LogP contribution < -0.4 is 16.0 Å². The van der Waals surface area contributed by atoms with Crippen molar-refractivity contribution in [3.63, 3.8) is 0 Å². The van der Waals surface area contributed by atoms with Gasteiger partial charge < -0.3 is 60.0 Å². The molecular formula is C73H115ClF6N12O12. The van der Waals surface area contributed by atoms with E-state index in [1.807, 2.05) is 20.8 Å². The maximum atomic E-state index is 15.6. The standard InChI is InChI=1S/C73H115ClF6N12O12/c1-13-34-90-56(39-46-23-27-48(28-24-46)72(75,76)77)67(101)85(8)41-57(93)81-51(30-26-45-25-29-49(50(74)38-45)73(78,79)80)64(98)91-35-19-22-52(91)63(97)83-71(32-17-18-33-71)70(104)89(12)61(47-20-15-16-21-47)69(103)88(11)55(65(99)84(6)7)40-58(94)87(10)54(37-43(3)4)62(96)82-60(44(5)14-2)68(102)92-36-31-53(92)66(100)86(9)42-59(90)95/h43-56,60-61H,13-42H2,1-12H3,(H,81,93)(H,82,96)(H,83,97)/t44-,45?,46?,48?,49?,50?,51-,52-,53-,54-,55-,56-,60-,61-/m0/s1. The van der Waals surface area contributed by atoms with Crippen LogP contribution in [0, 0.1) is 41.4 Å². The lowest BCUT2D eigenvalue weighted by molar-refractivity contribution is -0.184. The van der Waals surface area contributed by atoms with Gasteiger partial charge in [0.05, 0.1) is 31.3 Å². The maximum absolute atomic E-state index is 15.6. The summed E-state index contributed by atoms with van der Waals surface area (Å²) in [6.07, 6.45) is -5.32. The van der Waals surface area contributed by atoms with Crippen LogP contribution in [0.5, 0.6) is 0 Å². The van der Waals surface area contributed by atoms with E-state index in [2.05, 4.69) is 16.0 Å². The first-order valence-corrected chi connectivity index (χ1v) is 38.3. The summed E-state index contributed by atoms with van der Waals surface area (Å²) in [6, 6.07) is -10.3. The summed E-state index contributed by atoms with van der Waals surface area (Å²) < 4.78 is 84.3. The van der Waals surface area contributed by atoms with E-state index in [4.69, 9.17) is 11.6 Å². The minimum atomic E-state index is -4.55. The molecule has 31 heteroatoms. The Labute approximate surface area is 614 Å². The van der Waals surface area contributed by atoms with Gasteiger partial charge in [-0.2, -0.15) is 26.3 Å². The van der Waals surface area contributed by atoms with E-state index in [-0.39, 0.29) is 128 Å². The molecule has 12 amide bonds. The predicted molar refractivity (Wildman–Crippen MR) is 375 cm³/mol. The van der Waals surface area contributed by atoms with Crippen LogP contribution in [0.1, 0.15) is 195 Å². The van der Waals surface area contributed by atoms with Gasteiger partial charge in [0, 0.05) is 74.3 Å². The summed E-state index contributed by atoms with van der Waals surface area (Å²) >= 11 is 6.40. The van der Waals surface area contributed by atoms with Crippen LogP contribution in [0.3, 0.4) is 0 Å². The van der Waals surface area contributed by atoms with Gasteiger partial charge in [0.15, 0.2) is 0 Å². The Morgan fingerprint density at radius 2 is 1.23 bits per heavy atom. The number of nitrogens with zero attached hydrogens (tertiary/aromatic N) is 9. The average Bonchev–Trinajstić information content (AvgIpc) is 1.40. The summed E-state index contributed by atoms with van der Waals surface area (Å²) in [5.41, 5.74) is -1.60. The van der Waals surface area contributed by atoms with Crippen molar-refractivity contribution in [2.75, 3.05) is 82.1 Å². The molecule has 3 saturated heterocycles. The number of likely N-dealkylation sites (N-methyl/N-ethyl adjacent to an activating group) is 6. The van der Waals surface area contributed by atoms with Crippen molar-refractivity contribution in [1.82, 2.24) is 60.0 Å². The molecule has 3 unspecified atom stereocenters. The molecule has 3 N–H and O–H groups in total. The number of carbonyl (C=O) groups is 12. The fourth-order valence-corrected chi connectivity index (χ4v) is 17.6. The first-order chi connectivity index (χ1) is 48.8. The van der Waals surface area contributed by atoms with Crippen molar-refractivity contribution in [2.24, 2.45) is 41.4 Å². The molecule has 588 valence electrons. The summed E-state index contributed by atoms with van der Waals surface area (Å²) in [6.45, 7) is 7.63. The van der Waals surface area contributed by atoms with Crippen molar-refractivity contribution in [3.8, 4) is 0 Å². The number of hydrogen-bond donors (Lipinski definition) is 3. The summed E-state index contributed by atoms with van der Waals surface area (Å²) in [7, 11) is 9.84. The van der Waals surface area contributed by atoms with Crippen LogP contribution >= 0.6 is 11.6 Å². The normalized spacial score (nSPS) is 30.9. The second-order valence-corrected chi connectivity index (χ2v) is 32.2. The molecule has 12 atom stereocenters. The monoisotopic (exact) mass is 1500 g/mol. The third-order valence-electron chi connectivity index (χ3n) is 23.7. The SMILES string of the molecule is CCCN1C(=O)CN(C)C(=O)[C@@H]2CCN2C(=O)[C@H]([C@@H](C)CC)NC(=O)[C@H](CC(C)C)N(C)C(=O)C[C@@H](C(=O)N(C)C)N(C)C(=O)[C@H](C2CCCC2)N(C)C(=O)C2(CCCC2)NC(=O)[C@@H]2CCCN2C(=O)[C@H](CCC2CCC(C(F)(F)F)C(Cl)C2)NC(=O)CN(C)C(=O)[C@@H]1CC1CCC(C(F)(F)F)CC1. The highest BCUT2D eigenvalue weighted by atomic mass is 35.5. The molecule has 7 rings (SSSR count). The molecule has 0 aromatic heterocycles. The molecule has 4 saturated carbocycles. The van der Waals surface area contributed by atoms with E-state index in [1.54, 1.807) is 13.8 Å². The molecule has 3 aliphatic heterocycles. The van der Waals surface area contributed by atoms with Gasteiger partial charge >= 0.3 is 12.4 Å². The van der Waals surface area contributed by atoms with E-state index in [9.17, 15) is 59.9 Å². The highest BCUT2D eigenvalue weighted by Gasteiger charge is 2.53. The molecule has 0 bridgehead atoms. The van der Waals surface area contributed by atoms with Crippen LogP contribution in [0.4, 0.5) is 26.3 Å². The van der Waals surface area contributed by atoms with Crippen molar-refractivity contribution < 1.29 is 83.9 Å². The quantitative estimate of drug-likeness (QED) is 0.126. The number of nitrogens with one attached hydrogen (secondary N) is 3. The zero-order valence-corrected chi connectivity index (χ0v) is 63.8. The molecule has 3 heterocycles. The molecule has 0 radical (unpaired) electrons. The molecule has 24 nitrogen and oxygen atoms in total. The maximum Gasteiger partial charge on any atom is 0.393 e. The molecule has 4 aliphatic carbocycles. The smallest absolute Gasteiger partial charge is 0.347 e. The topological polar surface area (TPSA) is 270 Å². The minimum Gasteiger partial charge on any atom is -0.347 e. The lowest BCUT2D eigenvalue weighted by Gasteiger charge is -2.44. The molecule has 7 aliphatic rings. The lowest BCUT2D eigenvalue weighted by atomic mass is 9.78. The number of alkyl halides is 7. The third kappa shape index (κ3) is 20.4. The largest absolute Gasteiger partial charge is 0.393 e. The van der Waals surface area contributed by atoms with Gasteiger partial charge in [-0.05, 0) is 152 Å². The molecule has 0 aromatic rings. The number of hydrogen-bond acceptors (Lipinski definition) is 12.